The highest BCUT2D eigenvalue weighted by Gasteiger charge is 2.31. The lowest BCUT2D eigenvalue weighted by Gasteiger charge is -2.30. The Hall–Kier alpha value is -2.86. The zero-order valence-electron chi connectivity index (χ0n) is 17.5. The maximum Gasteiger partial charge on any atom is 0.338 e. The van der Waals surface area contributed by atoms with Crippen molar-refractivity contribution >= 4 is 33.1 Å². The second-order valence-electron chi connectivity index (χ2n) is 7.97. The molecule has 0 amide bonds. The number of nitrogens with zero attached hydrogens (tertiary/aromatic N) is 3. The number of carbonyl (C=O) groups excluding carboxylic acids is 1. The lowest BCUT2D eigenvalue weighted by atomic mass is 10.0. The third-order valence-electron chi connectivity index (χ3n) is 5.64. The first-order chi connectivity index (χ1) is 15.3. The minimum absolute atomic E-state index is 0.0604. The summed E-state index contributed by atoms with van der Waals surface area (Å²) in [6.07, 6.45) is 5.30. The van der Waals surface area contributed by atoms with Crippen LogP contribution in [0.5, 0.6) is 0 Å². The second-order valence-corrected chi connectivity index (χ2v) is 10.3. The average Bonchev–Trinajstić information content (AvgIpc) is 3.15. The van der Waals surface area contributed by atoms with Crippen molar-refractivity contribution in [2.45, 2.75) is 31.3 Å². The van der Waals surface area contributed by atoms with E-state index in [2.05, 4.69) is 6.07 Å². The number of nitriles is 1. The number of halogens is 1. The van der Waals surface area contributed by atoms with Gasteiger partial charge in [0.1, 0.15) is 17.6 Å². The van der Waals surface area contributed by atoms with Gasteiger partial charge in [0.2, 0.25) is 10.0 Å². The molecule has 0 saturated carbocycles. The number of piperidine rings is 1. The maximum absolute atomic E-state index is 13.1. The van der Waals surface area contributed by atoms with Crippen LogP contribution in [-0.4, -0.2) is 36.2 Å². The van der Waals surface area contributed by atoms with Crippen molar-refractivity contribution in [3.8, 4) is 6.07 Å². The third kappa shape index (κ3) is 4.24. The zero-order chi connectivity index (χ0) is 22.9. The van der Waals surface area contributed by atoms with Crippen molar-refractivity contribution in [1.82, 2.24) is 8.71 Å². The first-order valence-corrected chi connectivity index (χ1v) is 12.1. The number of aromatic nitrogens is 1. The monoisotopic (exact) mass is 471 g/mol. The zero-order valence-corrected chi connectivity index (χ0v) is 19.1. The number of hydrogen-bond donors (Lipinski definition) is 0. The molecule has 2 aromatic heterocycles. The quantitative estimate of drug-likeness (QED) is 0.519. The Bertz CT molecular complexity index is 1330. The van der Waals surface area contributed by atoms with E-state index in [0.29, 0.717) is 24.2 Å². The molecular formula is C23H22ClN3O4S. The average molecular weight is 472 g/mol. The molecule has 7 nitrogen and oxygen atoms in total. The molecule has 3 heterocycles. The van der Waals surface area contributed by atoms with Crippen molar-refractivity contribution in [3.05, 3.63) is 70.5 Å². The summed E-state index contributed by atoms with van der Waals surface area (Å²) in [6, 6.07) is 11.7. The Morgan fingerprint density at radius 2 is 2.12 bits per heavy atom. The minimum atomic E-state index is -3.83. The second kappa shape index (κ2) is 8.94. The summed E-state index contributed by atoms with van der Waals surface area (Å²) >= 11 is 6.20. The summed E-state index contributed by atoms with van der Waals surface area (Å²) in [5.74, 6) is -0.429. The summed E-state index contributed by atoms with van der Waals surface area (Å²) in [7, 11) is -3.83. The van der Waals surface area contributed by atoms with E-state index >= 15 is 0 Å². The SMILES string of the molecule is CC1CCCN(S(=O)(=O)c2cc(C(=O)OCc3cn4ccccc4c3C#N)ccc2Cl)C1. The number of pyridine rings is 1. The fourth-order valence-electron chi connectivity index (χ4n) is 3.97. The molecule has 0 aliphatic carbocycles. The van der Waals surface area contributed by atoms with Crippen LogP contribution < -0.4 is 0 Å². The van der Waals surface area contributed by atoms with Gasteiger partial charge in [0.15, 0.2) is 0 Å². The summed E-state index contributed by atoms with van der Waals surface area (Å²) < 4.78 is 34.9. The maximum atomic E-state index is 13.1. The van der Waals surface area contributed by atoms with Crippen molar-refractivity contribution in [2.75, 3.05) is 13.1 Å². The Kier molecular flexibility index (Phi) is 6.24. The van der Waals surface area contributed by atoms with Crippen molar-refractivity contribution < 1.29 is 17.9 Å². The minimum Gasteiger partial charge on any atom is -0.457 e. The molecule has 166 valence electrons. The Balaban J connectivity index is 1.56. The van der Waals surface area contributed by atoms with E-state index in [1.54, 1.807) is 16.8 Å². The molecule has 32 heavy (non-hydrogen) atoms. The van der Waals surface area contributed by atoms with Crippen LogP contribution in [-0.2, 0) is 21.4 Å². The number of esters is 1. The molecule has 0 spiro atoms. The molecule has 9 heteroatoms. The van der Waals surface area contributed by atoms with Crippen LogP contribution >= 0.6 is 11.6 Å². The van der Waals surface area contributed by atoms with Crippen LogP contribution in [0.15, 0.2) is 53.7 Å². The standard InChI is InChI=1S/C23H22ClN3O4S/c1-16-5-4-10-27(13-16)32(29,30)22-11-17(7-8-20(22)24)23(28)31-15-18-14-26-9-3-2-6-21(26)19(18)12-25/h2-3,6-9,11,14,16H,4-5,10,13,15H2,1H3. The van der Waals surface area contributed by atoms with Gasteiger partial charge >= 0.3 is 5.97 Å². The predicted molar refractivity (Wildman–Crippen MR) is 120 cm³/mol. The van der Waals surface area contributed by atoms with Gasteiger partial charge in [-0.25, -0.2) is 13.2 Å². The van der Waals surface area contributed by atoms with Gasteiger partial charge in [-0.1, -0.05) is 24.6 Å². The molecule has 3 aromatic rings. The highest BCUT2D eigenvalue weighted by atomic mass is 35.5. The summed E-state index contributed by atoms with van der Waals surface area (Å²) in [5.41, 5.74) is 1.80. The van der Waals surface area contributed by atoms with Crippen LogP contribution in [0.25, 0.3) is 5.52 Å². The topological polar surface area (TPSA) is 91.9 Å². The van der Waals surface area contributed by atoms with E-state index in [1.807, 2.05) is 25.1 Å². The largest absolute Gasteiger partial charge is 0.457 e. The predicted octanol–water partition coefficient (Wildman–Crippen LogP) is 4.24. The number of rotatable bonds is 5. The number of carbonyl (C=O) groups is 1. The van der Waals surface area contributed by atoms with Gasteiger partial charge in [0.25, 0.3) is 0 Å². The molecule has 1 aliphatic heterocycles. The van der Waals surface area contributed by atoms with Crippen molar-refractivity contribution in [2.24, 2.45) is 5.92 Å². The molecule has 4 rings (SSSR count). The summed E-state index contributed by atoms with van der Waals surface area (Å²) in [6.45, 7) is 2.75. The number of hydrogen-bond acceptors (Lipinski definition) is 5. The van der Waals surface area contributed by atoms with Gasteiger partial charge in [0.05, 0.1) is 21.7 Å². The van der Waals surface area contributed by atoms with Crippen LogP contribution in [0.2, 0.25) is 5.02 Å². The number of ether oxygens (including phenoxy) is 1. The molecule has 1 aromatic carbocycles. The molecule has 1 unspecified atom stereocenters. The van der Waals surface area contributed by atoms with Gasteiger partial charge < -0.3 is 9.14 Å². The number of fused-ring (bicyclic) bond motifs is 1. The van der Waals surface area contributed by atoms with Crippen molar-refractivity contribution in [3.63, 3.8) is 0 Å². The van der Waals surface area contributed by atoms with Crippen LogP contribution in [0.1, 0.15) is 41.3 Å². The molecule has 0 radical (unpaired) electrons. The number of sulfonamides is 1. The Morgan fingerprint density at radius 3 is 2.88 bits per heavy atom. The molecule has 1 fully saturated rings. The van der Waals surface area contributed by atoms with Gasteiger partial charge in [0, 0.05) is 31.0 Å². The molecule has 1 aliphatic rings. The smallest absolute Gasteiger partial charge is 0.338 e. The van der Waals surface area contributed by atoms with E-state index in [4.69, 9.17) is 16.3 Å². The van der Waals surface area contributed by atoms with Gasteiger partial charge in [-0.3, -0.25) is 0 Å². The first-order valence-electron chi connectivity index (χ1n) is 10.3. The van der Waals surface area contributed by atoms with Crippen molar-refractivity contribution in [1.29, 1.82) is 5.26 Å². The van der Waals surface area contributed by atoms with Crippen LogP contribution in [0.3, 0.4) is 0 Å². The number of benzene rings is 1. The molecular weight excluding hydrogens is 450 g/mol. The van der Waals surface area contributed by atoms with E-state index in [1.165, 1.54) is 22.5 Å². The van der Waals surface area contributed by atoms with E-state index in [9.17, 15) is 18.5 Å². The molecule has 1 atom stereocenters. The highest BCUT2D eigenvalue weighted by molar-refractivity contribution is 7.89. The molecule has 0 N–H and O–H groups in total. The Labute approximate surface area is 191 Å². The van der Waals surface area contributed by atoms with Gasteiger partial charge in [-0.05, 0) is 49.1 Å². The lowest BCUT2D eigenvalue weighted by molar-refractivity contribution is 0.0472. The molecule has 0 bridgehead atoms. The Morgan fingerprint density at radius 1 is 1.31 bits per heavy atom. The first kappa shape index (κ1) is 22.3. The summed E-state index contributed by atoms with van der Waals surface area (Å²) in [5, 5.41) is 9.56. The van der Waals surface area contributed by atoms with E-state index in [0.717, 1.165) is 18.4 Å². The fourth-order valence-corrected chi connectivity index (χ4v) is 6.07. The van der Waals surface area contributed by atoms with Gasteiger partial charge in [-0.2, -0.15) is 9.57 Å². The van der Waals surface area contributed by atoms with E-state index < -0.39 is 16.0 Å². The lowest BCUT2D eigenvalue weighted by Crippen LogP contribution is -2.39. The van der Waals surface area contributed by atoms with Crippen LogP contribution in [0.4, 0.5) is 0 Å². The van der Waals surface area contributed by atoms with Crippen LogP contribution in [0, 0.1) is 17.2 Å². The van der Waals surface area contributed by atoms with E-state index in [-0.39, 0.29) is 28.0 Å². The molecule has 1 saturated heterocycles. The fraction of sp³-hybridized carbons (Fsp3) is 0.304. The third-order valence-corrected chi connectivity index (χ3v) is 7.98. The van der Waals surface area contributed by atoms with Gasteiger partial charge in [-0.15, -0.1) is 0 Å². The summed E-state index contributed by atoms with van der Waals surface area (Å²) in [4.78, 5) is 12.6. The normalized spacial score (nSPS) is 17.2. The highest BCUT2D eigenvalue weighted by Crippen LogP contribution is 2.29.